The van der Waals surface area contributed by atoms with E-state index in [1.165, 1.54) is 0 Å². The fraction of sp³-hybridized carbons (Fsp3) is 0.533. The van der Waals surface area contributed by atoms with Crippen molar-refractivity contribution in [3.05, 3.63) is 35.4 Å². The van der Waals surface area contributed by atoms with Gasteiger partial charge in [0.1, 0.15) is 17.2 Å². The van der Waals surface area contributed by atoms with Gasteiger partial charge in [0.15, 0.2) is 0 Å². The van der Waals surface area contributed by atoms with Crippen LogP contribution in [0.4, 0.5) is 13.6 Å². The molecule has 0 saturated carbocycles. The molecule has 1 amide bonds. The van der Waals surface area contributed by atoms with Gasteiger partial charge in [-0.3, -0.25) is 0 Å². The van der Waals surface area contributed by atoms with Crippen LogP contribution in [0, 0.1) is 11.6 Å². The van der Waals surface area contributed by atoms with Gasteiger partial charge in [-0.15, -0.1) is 0 Å². The predicted octanol–water partition coefficient (Wildman–Crippen LogP) is 2.24. The van der Waals surface area contributed by atoms with Crippen LogP contribution in [0.25, 0.3) is 0 Å². The summed E-state index contributed by atoms with van der Waals surface area (Å²) >= 11 is 0. The molecule has 1 aromatic rings. The van der Waals surface area contributed by atoms with Crippen molar-refractivity contribution in [2.24, 2.45) is 5.73 Å². The second-order valence-electron chi connectivity index (χ2n) is 5.99. The molecule has 4 N–H and O–H groups in total. The number of aliphatic hydroxyl groups is 1. The van der Waals surface area contributed by atoms with Gasteiger partial charge in [0, 0.05) is 18.2 Å². The summed E-state index contributed by atoms with van der Waals surface area (Å²) in [6, 6.07) is 1.94. The van der Waals surface area contributed by atoms with Crippen molar-refractivity contribution in [3.8, 4) is 0 Å². The lowest BCUT2D eigenvalue weighted by atomic mass is 10.00. The molecule has 7 heteroatoms. The van der Waals surface area contributed by atoms with Crippen molar-refractivity contribution in [2.45, 2.75) is 44.9 Å². The third kappa shape index (κ3) is 5.95. The van der Waals surface area contributed by atoms with E-state index < -0.39 is 35.5 Å². The second kappa shape index (κ2) is 7.51. The van der Waals surface area contributed by atoms with E-state index in [4.69, 9.17) is 10.5 Å². The molecular weight excluding hydrogens is 294 g/mol. The lowest BCUT2D eigenvalue weighted by Gasteiger charge is -2.22. The zero-order valence-electron chi connectivity index (χ0n) is 12.9. The van der Waals surface area contributed by atoms with E-state index in [2.05, 4.69) is 5.32 Å². The Morgan fingerprint density at radius 3 is 2.64 bits per heavy atom. The van der Waals surface area contributed by atoms with Crippen LogP contribution >= 0.6 is 0 Å². The van der Waals surface area contributed by atoms with Crippen molar-refractivity contribution < 1.29 is 23.4 Å². The average Bonchev–Trinajstić information content (AvgIpc) is 2.38. The molecule has 0 radical (unpaired) electrons. The quantitative estimate of drug-likeness (QED) is 0.778. The molecule has 0 aliphatic carbocycles. The number of rotatable bonds is 5. The van der Waals surface area contributed by atoms with Crippen LogP contribution in [-0.4, -0.2) is 29.4 Å². The van der Waals surface area contributed by atoms with Crippen LogP contribution in [0.1, 0.15) is 38.9 Å². The Kier molecular flexibility index (Phi) is 6.25. The number of carbonyl (C=O) groups is 1. The highest BCUT2D eigenvalue weighted by molar-refractivity contribution is 5.67. The number of hydrogen-bond acceptors (Lipinski definition) is 4. The summed E-state index contributed by atoms with van der Waals surface area (Å²) in [6.45, 7) is 5.34. The van der Waals surface area contributed by atoms with Crippen molar-refractivity contribution in [2.75, 3.05) is 6.54 Å². The Labute approximate surface area is 128 Å². The van der Waals surface area contributed by atoms with Crippen molar-refractivity contribution in [3.63, 3.8) is 0 Å². The summed E-state index contributed by atoms with van der Waals surface area (Å²) in [4.78, 5) is 11.4. The molecule has 0 heterocycles. The van der Waals surface area contributed by atoms with E-state index in [1.54, 1.807) is 20.8 Å². The number of benzene rings is 1. The minimum atomic E-state index is -1.36. The van der Waals surface area contributed by atoms with Crippen LogP contribution in [0.2, 0.25) is 0 Å². The van der Waals surface area contributed by atoms with Gasteiger partial charge in [-0.05, 0) is 45.4 Å². The molecule has 0 fully saturated rings. The Bertz CT molecular complexity index is 518. The average molecular weight is 316 g/mol. The summed E-state index contributed by atoms with van der Waals surface area (Å²) < 4.78 is 31.7. The number of hydrogen-bond donors (Lipinski definition) is 3. The standard InChI is InChI=1S/C15H22F2N2O3/c1-15(2,3)22-14(21)19-7-6-12(18)13(20)10-8-9(16)4-5-11(10)17/h4-5,8,12-13,20H,6-7,18H2,1-3H3,(H,19,21). The fourth-order valence-electron chi connectivity index (χ4n) is 1.78. The number of aliphatic hydroxyl groups excluding tert-OH is 1. The first kappa shape index (κ1) is 18.3. The van der Waals surface area contributed by atoms with Crippen molar-refractivity contribution in [1.29, 1.82) is 0 Å². The van der Waals surface area contributed by atoms with Gasteiger partial charge in [0.25, 0.3) is 0 Å². The normalized spacial score (nSPS) is 14.3. The molecular formula is C15H22F2N2O3. The molecule has 1 rings (SSSR count). The van der Waals surface area contributed by atoms with Gasteiger partial charge >= 0.3 is 6.09 Å². The number of carbonyl (C=O) groups excluding carboxylic acids is 1. The topological polar surface area (TPSA) is 84.6 Å². The SMILES string of the molecule is CC(C)(C)OC(=O)NCCC(N)C(O)c1cc(F)ccc1F. The van der Waals surface area contributed by atoms with E-state index in [9.17, 15) is 18.7 Å². The molecule has 5 nitrogen and oxygen atoms in total. The van der Waals surface area contributed by atoms with Crippen LogP contribution in [-0.2, 0) is 4.74 Å². The maximum atomic E-state index is 13.5. The highest BCUT2D eigenvalue weighted by Gasteiger charge is 2.21. The minimum absolute atomic E-state index is 0.143. The molecule has 0 aliphatic rings. The first-order valence-electron chi connectivity index (χ1n) is 6.95. The maximum Gasteiger partial charge on any atom is 0.407 e. The van der Waals surface area contributed by atoms with Gasteiger partial charge in [-0.25, -0.2) is 13.6 Å². The molecule has 0 saturated heterocycles. The molecule has 2 atom stereocenters. The lowest BCUT2D eigenvalue weighted by molar-refractivity contribution is 0.0521. The summed E-state index contributed by atoms with van der Waals surface area (Å²) in [6.07, 6.45) is -1.79. The highest BCUT2D eigenvalue weighted by atomic mass is 19.1. The smallest absolute Gasteiger partial charge is 0.407 e. The van der Waals surface area contributed by atoms with Crippen molar-refractivity contribution in [1.82, 2.24) is 5.32 Å². The van der Waals surface area contributed by atoms with Gasteiger partial charge in [-0.1, -0.05) is 0 Å². The molecule has 0 aromatic heterocycles. The van der Waals surface area contributed by atoms with Crippen LogP contribution in [0.3, 0.4) is 0 Å². The van der Waals surface area contributed by atoms with Gasteiger partial charge in [0.2, 0.25) is 0 Å². The van der Waals surface area contributed by atoms with E-state index in [1.807, 2.05) is 0 Å². The molecule has 0 spiro atoms. The van der Waals surface area contributed by atoms with Gasteiger partial charge in [-0.2, -0.15) is 0 Å². The van der Waals surface area contributed by atoms with Gasteiger partial charge in [0.05, 0.1) is 6.10 Å². The summed E-state index contributed by atoms with van der Waals surface area (Å²) in [5.41, 5.74) is 4.93. The number of nitrogens with one attached hydrogen (secondary N) is 1. The minimum Gasteiger partial charge on any atom is -0.444 e. The highest BCUT2D eigenvalue weighted by Crippen LogP contribution is 2.21. The predicted molar refractivity (Wildman–Crippen MR) is 78.1 cm³/mol. The van der Waals surface area contributed by atoms with Crippen LogP contribution in [0.5, 0.6) is 0 Å². The summed E-state index contributed by atoms with van der Waals surface area (Å²) in [7, 11) is 0. The van der Waals surface area contributed by atoms with E-state index in [0.29, 0.717) is 0 Å². The number of amides is 1. The summed E-state index contributed by atoms with van der Waals surface area (Å²) in [5, 5.41) is 12.5. The molecule has 0 aliphatic heterocycles. The van der Waals surface area contributed by atoms with Crippen LogP contribution in [0.15, 0.2) is 18.2 Å². The zero-order valence-corrected chi connectivity index (χ0v) is 12.9. The first-order chi connectivity index (χ1) is 10.1. The third-order valence-electron chi connectivity index (χ3n) is 2.83. The van der Waals surface area contributed by atoms with Crippen LogP contribution < -0.4 is 11.1 Å². The monoisotopic (exact) mass is 316 g/mol. The van der Waals surface area contributed by atoms with E-state index in [-0.39, 0.29) is 18.5 Å². The second-order valence-corrected chi connectivity index (χ2v) is 5.99. The van der Waals surface area contributed by atoms with E-state index in [0.717, 1.165) is 18.2 Å². The molecule has 2 unspecified atom stereocenters. The largest absolute Gasteiger partial charge is 0.444 e. The zero-order chi connectivity index (χ0) is 16.9. The maximum absolute atomic E-state index is 13.5. The number of alkyl carbamates (subject to hydrolysis) is 1. The molecule has 124 valence electrons. The van der Waals surface area contributed by atoms with Crippen molar-refractivity contribution >= 4 is 6.09 Å². The summed E-state index contributed by atoms with van der Waals surface area (Å²) in [5.74, 6) is -1.39. The Balaban J connectivity index is 2.50. The molecule has 1 aromatic carbocycles. The molecule has 22 heavy (non-hydrogen) atoms. The lowest BCUT2D eigenvalue weighted by Crippen LogP contribution is -2.37. The third-order valence-corrected chi connectivity index (χ3v) is 2.83. The number of halogens is 2. The number of nitrogens with two attached hydrogens (primary N) is 1. The Morgan fingerprint density at radius 2 is 2.05 bits per heavy atom. The van der Waals surface area contributed by atoms with Gasteiger partial charge < -0.3 is 20.9 Å². The Hall–Kier alpha value is -1.73. The first-order valence-corrected chi connectivity index (χ1v) is 6.95. The number of ether oxygens (including phenoxy) is 1. The fourth-order valence-corrected chi connectivity index (χ4v) is 1.78. The molecule has 0 bridgehead atoms. The van der Waals surface area contributed by atoms with E-state index >= 15 is 0 Å². The Morgan fingerprint density at radius 1 is 1.41 bits per heavy atom.